The van der Waals surface area contributed by atoms with Crippen LogP contribution in [0.2, 0.25) is 0 Å². The molecule has 1 aromatic carbocycles. The van der Waals surface area contributed by atoms with E-state index in [1.165, 1.54) is 16.9 Å². The van der Waals surface area contributed by atoms with Crippen molar-refractivity contribution < 1.29 is 0 Å². The van der Waals surface area contributed by atoms with E-state index in [-0.39, 0.29) is 0 Å². The van der Waals surface area contributed by atoms with Gasteiger partial charge in [-0.1, -0.05) is 19.1 Å². The lowest BCUT2D eigenvalue weighted by atomic mass is 10.0. The fourth-order valence-corrected chi connectivity index (χ4v) is 2.26. The van der Waals surface area contributed by atoms with Gasteiger partial charge >= 0.3 is 0 Å². The van der Waals surface area contributed by atoms with Gasteiger partial charge in [-0.15, -0.1) is 0 Å². The molecule has 0 amide bonds. The van der Waals surface area contributed by atoms with Gasteiger partial charge in [0.2, 0.25) is 0 Å². The summed E-state index contributed by atoms with van der Waals surface area (Å²) in [7, 11) is 2.01. The molecule has 0 aliphatic carbocycles. The number of nitrogens with zero attached hydrogens (tertiary/aromatic N) is 2. The van der Waals surface area contributed by atoms with Crippen LogP contribution in [0.3, 0.4) is 0 Å². The lowest BCUT2D eigenvalue weighted by molar-refractivity contribution is 0.576. The number of rotatable bonds is 4. The zero-order chi connectivity index (χ0) is 13.1. The summed E-state index contributed by atoms with van der Waals surface area (Å²) in [5.41, 5.74) is 4.79. The van der Waals surface area contributed by atoms with Gasteiger partial charge in [-0.05, 0) is 45.0 Å². The molecule has 18 heavy (non-hydrogen) atoms. The van der Waals surface area contributed by atoms with E-state index in [4.69, 9.17) is 0 Å². The SMILES string of the molecule is CCC(NC)c1cccc(-n2cnc(C)c2C)c1. The van der Waals surface area contributed by atoms with Crippen molar-refractivity contribution in [2.75, 3.05) is 7.05 Å². The molecule has 1 aromatic heterocycles. The monoisotopic (exact) mass is 243 g/mol. The van der Waals surface area contributed by atoms with Gasteiger partial charge in [-0.25, -0.2) is 4.98 Å². The van der Waals surface area contributed by atoms with Crippen LogP contribution in [0, 0.1) is 13.8 Å². The third kappa shape index (κ3) is 2.31. The van der Waals surface area contributed by atoms with Gasteiger partial charge in [0.05, 0.1) is 12.0 Å². The van der Waals surface area contributed by atoms with E-state index in [9.17, 15) is 0 Å². The Hall–Kier alpha value is -1.61. The first-order valence-corrected chi connectivity index (χ1v) is 6.45. The zero-order valence-electron chi connectivity index (χ0n) is 11.6. The normalized spacial score (nSPS) is 12.7. The molecule has 2 aromatic rings. The predicted octanol–water partition coefficient (Wildman–Crippen LogP) is 3.16. The summed E-state index contributed by atoms with van der Waals surface area (Å²) in [6, 6.07) is 9.06. The molecular weight excluding hydrogens is 222 g/mol. The van der Waals surface area contributed by atoms with E-state index >= 15 is 0 Å². The third-order valence-corrected chi connectivity index (χ3v) is 3.56. The largest absolute Gasteiger partial charge is 0.313 e. The maximum absolute atomic E-state index is 4.35. The van der Waals surface area contributed by atoms with Crippen molar-refractivity contribution in [2.24, 2.45) is 0 Å². The van der Waals surface area contributed by atoms with Crippen molar-refractivity contribution >= 4 is 0 Å². The molecule has 3 nitrogen and oxygen atoms in total. The van der Waals surface area contributed by atoms with Crippen molar-refractivity contribution in [1.82, 2.24) is 14.9 Å². The molecule has 0 radical (unpaired) electrons. The number of aryl methyl sites for hydroxylation is 1. The summed E-state index contributed by atoms with van der Waals surface area (Å²) < 4.78 is 2.14. The van der Waals surface area contributed by atoms with Crippen LogP contribution in [0.25, 0.3) is 5.69 Å². The summed E-state index contributed by atoms with van der Waals surface area (Å²) in [6.45, 7) is 6.34. The van der Waals surface area contributed by atoms with E-state index < -0.39 is 0 Å². The van der Waals surface area contributed by atoms with Crippen molar-refractivity contribution in [2.45, 2.75) is 33.2 Å². The second kappa shape index (κ2) is 5.36. The highest BCUT2D eigenvalue weighted by atomic mass is 15.1. The van der Waals surface area contributed by atoms with E-state index in [0.29, 0.717) is 6.04 Å². The topological polar surface area (TPSA) is 29.9 Å². The number of imidazole rings is 1. The molecule has 0 spiro atoms. The highest BCUT2D eigenvalue weighted by molar-refractivity contribution is 5.39. The van der Waals surface area contributed by atoms with Crippen molar-refractivity contribution in [3.63, 3.8) is 0 Å². The molecule has 0 saturated carbocycles. The van der Waals surface area contributed by atoms with E-state index in [0.717, 1.165) is 12.1 Å². The summed E-state index contributed by atoms with van der Waals surface area (Å²) in [5.74, 6) is 0. The Morgan fingerprint density at radius 1 is 1.33 bits per heavy atom. The first-order valence-electron chi connectivity index (χ1n) is 6.45. The molecule has 0 fully saturated rings. The van der Waals surface area contributed by atoms with E-state index in [1.54, 1.807) is 0 Å². The molecule has 1 N–H and O–H groups in total. The molecular formula is C15H21N3. The van der Waals surface area contributed by atoms with E-state index in [1.807, 2.05) is 20.3 Å². The molecule has 3 heteroatoms. The van der Waals surface area contributed by atoms with Crippen LogP contribution in [-0.4, -0.2) is 16.6 Å². The Bertz CT molecular complexity index is 524. The molecule has 0 saturated heterocycles. The van der Waals surface area contributed by atoms with Crippen LogP contribution < -0.4 is 5.32 Å². The third-order valence-electron chi connectivity index (χ3n) is 3.56. The zero-order valence-corrected chi connectivity index (χ0v) is 11.6. The lowest BCUT2D eigenvalue weighted by Gasteiger charge is -2.16. The van der Waals surface area contributed by atoms with Gasteiger partial charge in [0.15, 0.2) is 0 Å². The highest BCUT2D eigenvalue weighted by Gasteiger charge is 2.09. The summed E-state index contributed by atoms with van der Waals surface area (Å²) in [4.78, 5) is 4.35. The molecule has 1 unspecified atom stereocenters. The second-order valence-electron chi connectivity index (χ2n) is 4.63. The van der Waals surface area contributed by atoms with Gasteiger partial charge in [0.25, 0.3) is 0 Å². The predicted molar refractivity (Wildman–Crippen MR) is 75.1 cm³/mol. The van der Waals surface area contributed by atoms with Gasteiger partial charge in [-0.2, -0.15) is 0 Å². The Morgan fingerprint density at radius 2 is 2.11 bits per heavy atom. The summed E-state index contributed by atoms with van der Waals surface area (Å²) in [6.07, 6.45) is 2.98. The minimum Gasteiger partial charge on any atom is -0.313 e. The van der Waals surface area contributed by atoms with E-state index in [2.05, 4.69) is 53.0 Å². The van der Waals surface area contributed by atoms with Crippen LogP contribution in [0.4, 0.5) is 0 Å². The molecule has 0 aliphatic rings. The van der Waals surface area contributed by atoms with Gasteiger partial charge in [0, 0.05) is 17.4 Å². The van der Waals surface area contributed by atoms with Crippen LogP contribution in [-0.2, 0) is 0 Å². The van der Waals surface area contributed by atoms with Crippen LogP contribution in [0.5, 0.6) is 0 Å². The molecule has 96 valence electrons. The fraction of sp³-hybridized carbons (Fsp3) is 0.400. The minimum atomic E-state index is 0.412. The number of hydrogen-bond donors (Lipinski definition) is 1. The van der Waals surface area contributed by atoms with Gasteiger partial charge in [0.1, 0.15) is 0 Å². The van der Waals surface area contributed by atoms with Crippen LogP contribution in [0.1, 0.15) is 36.3 Å². The summed E-state index contributed by atoms with van der Waals surface area (Å²) in [5, 5.41) is 3.34. The number of nitrogens with one attached hydrogen (secondary N) is 1. The quantitative estimate of drug-likeness (QED) is 0.894. The molecule has 1 atom stereocenters. The Kier molecular flexibility index (Phi) is 3.82. The average molecular weight is 243 g/mol. The second-order valence-corrected chi connectivity index (χ2v) is 4.63. The molecule has 2 rings (SSSR count). The number of benzene rings is 1. The smallest absolute Gasteiger partial charge is 0.0997 e. The first-order chi connectivity index (χ1) is 8.67. The Balaban J connectivity index is 2.41. The average Bonchev–Trinajstić information content (AvgIpc) is 2.72. The number of hydrogen-bond acceptors (Lipinski definition) is 2. The molecule has 1 heterocycles. The van der Waals surface area contributed by atoms with Crippen molar-refractivity contribution in [3.05, 3.63) is 47.5 Å². The minimum absolute atomic E-state index is 0.412. The van der Waals surface area contributed by atoms with Crippen LogP contribution >= 0.6 is 0 Å². The van der Waals surface area contributed by atoms with Gasteiger partial charge < -0.3 is 9.88 Å². The molecule has 0 bridgehead atoms. The maximum atomic E-state index is 4.35. The fourth-order valence-electron chi connectivity index (χ4n) is 2.26. The van der Waals surface area contributed by atoms with Crippen molar-refractivity contribution in [3.8, 4) is 5.69 Å². The Labute approximate surface area is 109 Å². The van der Waals surface area contributed by atoms with Crippen molar-refractivity contribution in [1.29, 1.82) is 0 Å². The Morgan fingerprint density at radius 3 is 2.67 bits per heavy atom. The first kappa shape index (κ1) is 12.8. The number of aromatic nitrogens is 2. The van der Waals surface area contributed by atoms with Crippen LogP contribution in [0.15, 0.2) is 30.6 Å². The summed E-state index contributed by atoms with van der Waals surface area (Å²) >= 11 is 0. The highest BCUT2D eigenvalue weighted by Crippen LogP contribution is 2.20. The van der Waals surface area contributed by atoms with Gasteiger partial charge in [-0.3, -0.25) is 0 Å². The lowest BCUT2D eigenvalue weighted by Crippen LogP contribution is -2.15. The standard InChI is InChI=1S/C15H21N3/c1-5-15(16-4)13-7-6-8-14(9-13)18-10-17-11(2)12(18)3/h6-10,15-16H,5H2,1-4H3. The maximum Gasteiger partial charge on any atom is 0.0997 e. The molecule has 0 aliphatic heterocycles.